The fraction of sp³-hybridized carbons (Fsp3) is 0.125. The van der Waals surface area contributed by atoms with E-state index in [1.807, 2.05) is 19.1 Å². The molecule has 4 nitrogen and oxygen atoms in total. The molecule has 0 atom stereocenters. The minimum absolute atomic E-state index is 0.228. The van der Waals surface area contributed by atoms with E-state index < -0.39 is 0 Å². The van der Waals surface area contributed by atoms with E-state index in [-0.39, 0.29) is 5.91 Å². The fourth-order valence-electron chi connectivity index (χ4n) is 1.84. The van der Waals surface area contributed by atoms with E-state index in [0.29, 0.717) is 22.6 Å². The summed E-state index contributed by atoms with van der Waals surface area (Å²) >= 11 is 3.40. The van der Waals surface area contributed by atoms with Crippen LogP contribution in [0.4, 0.5) is 5.69 Å². The number of nitrogens with one attached hydrogen (secondary N) is 1. The maximum Gasteiger partial charge on any atom is 0.255 e. The lowest BCUT2D eigenvalue weighted by atomic mass is 10.1. The highest BCUT2D eigenvalue weighted by Crippen LogP contribution is 2.26. The lowest BCUT2D eigenvalue weighted by Crippen LogP contribution is -2.13. The minimum Gasteiger partial charge on any atom is -0.495 e. The number of rotatable bonds is 3. The largest absolute Gasteiger partial charge is 0.495 e. The molecule has 0 aliphatic carbocycles. The molecule has 0 bridgehead atoms. The number of amides is 1. The first-order valence-electron chi connectivity index (χ1n) is 6.21. The summed E-state index contributed by atoms with van der Waals surface area (Å²) in [6.45, 7) is 1.92. The normalized spacial score (nSPS) is 9.81. The highest BCUT2D eigenvalue weighted by atomic mass is 79.9. The molecule has 1 N–H and O–H groups in total. The molecule has 0 saturated carbocycles. The number of hydrogen-bond donors (Lipinski definition) is 1. The van der Waals surface area contributed by atoms with Crippen molar-refractivity contribution in [2.75, 3.05) is 12.4 Å². The third kappa shape index (κ3) is 3.41. The smallest absolute Gasteiger partial charge is 0.255 e. The van der Waals surface area contributed by atoms with Gasteiger partial charge in [-0.2, -0.15) is 5.26 Å². The lowest BCUT2D eigenvalue weighted by molar-refractivity contribution is 0.102. The molecule has 106 valence electrons. The predicted molar refractivity (Wildman–Crippen MR) is 84.5 cm³/mol. The Morgan fingerprint density at radius 2 is 2.05 bits per heavy atom. The van der Waals surface area contributed by atoms with Gasteiger partial charge in [0, 0.05) is 16.1 Å². The molecule has 2 rings (SSSR count). The van der Waals surface area contributed by atoms with E-state index in [2.05, 4.69) is 21.2 Å². The molecular weight excluding hydrogens is 332 g/mol. The summed E-state index contributed by atoms with van der Waals surface area (Å²) in [5.74, 6) is 0.227. The Morgan fingerprint density at radius 3 is 2.67 bits per heavy atom. The number of carbonyl (C=O) groups is 1. The van der Waals surface area contributed by atoms with Gasteiger partial charge >= 0.3 is 0 Å². The second kappa shape index (κ2) is 6.42. The summed E-state index contributed by atoms with van der Waals surface area (Å²) in [4.78, 5) is 12.3. The number of anilines is 1. The summed E-state index contributed by atoms with van der Waals surface area (Å²) in [7, 11) is 1.50. The number of ether oxygens (including phenoxy) is 1. The third-order valence-corrected chi connectivity index (χ3v) is 3.89. The van der Waals surface area contributed by atoms with Gasteiger partial charge in [-0.15, -0.1) is 0 Å². The summed E-state index contributed by atoms with van der Waals surface area (Å²) in [6.07, 6.45) is 0. The van der Waals surface area contributed by atoms with E-state index >= 15 is 0 Å². The Kier molecular flexibility index (Phi) is 4.61. The van der Waals surface area contributed by atoms with Crippen molar-refractivity contribution in [2.24, 2.45) is 0 Å². The van der Waals surface area contributed by atoms with Crippen molar-refractivity contribution in [2.45, 2.75) is 6.92 Å². The zero-order valence-corrected chi connectivity index (χ0v) is 13.2. The highest BCUT2D eigenvalue weighted by Gasteiger charge is 2.11. The molecule has 2 aromatic carbocycles. The Bertz CT molecular complexity index is 736. The Balaban J connectivity index is 2.27. The first-order chi connectivity index (χ1) is 10.0. The van der Waals surface area contributed by atoms with Crippen molar-refractivity contribution in [3.05, 3.63) is 57.6 Å². The van der Waals surface area contributed by atoms with Crippen molar-refractivity contribution in [1.29, 1.82) is 5.26 Å². The summed E-state index contributed by atoms with van der Waals surface area (Å²) in [5, 5.41) is 11.7. The number of hydrogen-bond acceptors (Lipinski definition) is 3. The first kappa shape index (κ1) is 15.1. The number of nitrogens with zero attached hydrogens (tertiary/aromatic N) is 1. The predicted octanol–water partition coefficient (Wildman–Crippen LogP) is 3.89. The van der Waals surface area contributed by atoms with Crippen LogP contribution in [0.1, 0.15) is 21.5 Å². The molecule has 0 aromatic heterocycles. The van der Waals surface area contributed by atoms with Crippen LogP contribution in [0.25, 0.3) is 0 Å². The maximum atomic E-state index is 12.3. The van der Waals surface area contributed by atoms with Crippen molar-refractivity contribution in [3.8, 4) is 11.8 Å². The van der Waals surface area contributed by atoms with E-state index in [1.165, 1.54) is 7.11 Å². The average Bonchev–Trinajstić information content (AvgIpc) is 2.50. The molecule has 21 heavy (non-hydrogen) atoms. The summed E-state index contributed by atoms with van der Waals surface area (Å²) in [6, 6.07) is 12.3. The van der Waals surface area contributed by atoms with Crippen LogP contribution in [0.5, 0.6) is 5.75 Å². The van der Waals surface area contributed by atoms with Crippen LogP contribution >= 0.6 is 15.9 Å². The molecule has 0 radical (unpaired) electrons. The van der Waals surface area contributed by atoms with Gasteiger partial charge in [0.2, 0.25) is 0 Å². The van der Waals surface area contributed by atoms with Gasteiger partial charge in [0.15, 0.2) is 0 Å². The number of carbonyl (C=O) groups excluding carboxylic acids is 1. The minimum atomic E-state index is -0.228. The molecule has 0 fully saturated rings. The molecule has 0 spiro atoms. The fourth-order valence-corrected chi connectivity index (χ4v) is 2.09. The van der Waals surface area contributed by atoms with Gasteiger partial charge in [-0.05, 0) is 42.8 Å². The molecule has 2 aromatic rings. The standard InChI is InChI=1S/C16H13BrN2O2/c1-10-7-12(4-5-13(10)17)16(20)19-14-6-3-11(9-18)8-15(14)21-2/h3-8H,1-2H3,(H,19,20). The molecule has 1 amide bonds. The molecule has 0 saturated heterocycles. The molecular formula is C16H13BrN2O2. The van der Waals surface area contributed by atoms with Crippen molar-refractivity contribution in [3.63, 3.8) is 0 Å². The number of nitriles is 1. The molecule has 0 heterocycles. The van der Waals surface area contributed by atoms with Crippen LogP contribution in [0.3, 0.4) is 0 Å². The zero-order chi connectivity index (χ0) is 15.4. The van der Waals surface area contributed by atoms with Gasteiger partial charge in [0.1, 0.15) is 5.75 Å². The average molecular weight is 345 g/mol. The highest BCUT2D eigenvalue weighted by molar-refractivity contribution is 9.10. The Hall–Kier alpha value is -2.32. The van der Waals surface area contributed by atoms with Crippen LogP contribution in [0.2, 0.25) is 0 Å². The second-order valence-corrected chi connectivity index (χ2v) is 5.30. The molecule has 0 unspecified atom stereocenters. The molecule has 5 heteroatoms. The van der Waals surface area contributed by atoms with Crippen LogP contribution in [0.15, 0.2) is 40.9 Å². The monoisotopic (exact) mass is 344 g/mol. The second-order valence-electron chi connectivity index (χ2n) is 4.44. The van der Waals surface area contributed by atoms with Crippen LogP contribution < -0.4 is 10.1 Å². The zero-order valence-electron chi connectivity index (χ0n) is 11.6. The Morgan fingerprint density at radius 1 is 1.29 bits per heavy atom. The van der Waals surface area contributed by atoms with Gasteiger partial charge in [0.25, 0.3) is 5.91 Å². The van der Waals surface area contributed by atoms with Gasteiger partial charge in [-0.1, -0.05) is 15.9 Å². The number of halogens is 1. The topological polar surface area (TPSA) is 62.1 Å². The summed E-state index contributed by atoms with van der Waals surface area (Å²) in [5.41, 5.74) is 2.54. The maximum absolute atomic E-state index is 12.3. The lowest BCUT2D eigenvalue weighted by Gasteiger charge is -2.11. The Labute approximate surface area is 131 Å². The van der Waals surface area contributed by atoms with Gasteiger partial charge < -0.3 is 10.1 Å². The third-order valence-electron chi connectivity index (χ3n) is 3.00. The molecule has 0 aliphatic heterocycles. The van der Waals surface area contributed by atoms with E-state index in [9.17, 15) is 4.79 Å². The van der Waals surface area contributed by atoms with Gasteiger partial charge in [-0.3, -0.25) is 4.79 Å². The van der Waals surface area contributed by atoms with Crippen LogP contribution in [-0.4, -0.2) is 13.0 Å². The van der Waals surface area contributed by atoms with Crippen molar-refractivity contribution < 1.29 is 9.53 Å². The van der Waals surface area contributed by atoms with Crippen molar-refractivity contribution in [1.82, 2.24) is 0 Å². The quantitative estimate of drug-likeness (QED) is 0.918. The van der Waals surface area contributed by atoms with Crippen LogP contribution in [0, 0.1) is 18.3 Å². The number of aryl methyl sites for hydroxylation is 1. The van der Waals surface area contributed by atoms with Crippen molar-refractivity contribution >= 4 is 27.5 Å². The first-order valence-corrected chi connectivity index (χ1v) is 7.00. The SMILES string of the molecule is COc1cc(C#N)ccc1NC(=O)c1ccc(Br)c(C)c1. The van der Waals surface area contributed by atoms with Crippen LogP contribution in [-0.2, 0) is 0 Å². The van der Waals surface area contributed by atoms with E-state index in [4.69, 9.17) is 10.00 Å². The van der Waals surface area contributed by atoms with Gasteiger partial charge in [-0.25, -0.2) is 0 Å². The van der Waals surface area contributed by atoms with Gasteiger partial charge in [0.05, 0.1) is 24.4 Å². The van der Waals surface area contributed by atoms with E-state index in [0.717, 1.165) is 10.0 Å². The molecule has 0 aliphatic rings. The summed E-state index contributed by atoms with van der Waals surface area (Å²) < 4.78 is 6.15. The number of benzene rings is 2. The van der Waals surface area contributed by atoms with E-state index in [1.54, 1.807) is 30.3 Å². The number of methoxy groups -OCH3 is 1.